The first-order valence-electron chi connectivity index (χ1n) is 7.94. The number of rotatable bonds is 6. The number of halogens is 4. The molecule has 0 unspecified atom stereocenters. The van der Waals surface area contributed by atoms with Gasteiger partial charge in [-0.15, -0.1) is 0 Å². The Kier molecular flexibility index (Phi) is 6.58. The summed E-state index contributed by atoms with van der Waals surface area (Å²) in [5.41, 5.74) is 3.44. The maximum absolute atomic E-state index is 13.6. The van der Waals surface area contributed by atoms with E-state index in [2.05, 4.69) is 10.9 Å². The quantitative estimate of drug-likeness (QED) is 0.537. The molecule has 1 amide bonds. The number of carbonyl (C=O) groups is 1. The fourth-order valence-electron chi connectivity index (χ4n) is 2.10. The van der Waals surface area contributed by atoms with Gasteiger partial charge in [0.15, 0.2) is 17.5 Å². The number of hydrogen-bond acceptors (Lipinski definition) is 4. The number of anilines is 1. The second-order valence-corrected chi connectivity index (χ2v) is 8.46. The van der Waals surface area contributed by atoms with Crippen LogP contribution >= 0.6 is 11.6 Å². The number of sulfonamides is 1. The Balaban J connectivity index is 2.28. The average Bonchev–Trinajstić information content (AvgIpc) is 2.64. The molecule has 2 N–H and O–H groups in total. The van der Waals surface area contributed by atoms with Crippen LogP contribution in [-0.4, -0.2) is 31.7 Å². The number of benzene rings is 2. The molecule has 28 heavy (non-hydrogen) atoms. The average molecular weight is 436 g/mol. The molecule has 6 nitrogen and oxygen atoms in total. The van der Waals surface area contributed by atoms with Gasteiger partial charge in [0.1, 0.15) is 0 Å². The van der Waals surface area contributed by atoms with E-state index in [1.165, 1.54) is 19.2 Å². The SMILES string of the molecule is CC(C)N(C)S(=O)(=O)c1ccc(Cl)c(C(=O)NNc2ccc(F)c(F)c2F)c1. The van der Waals surface area contributed by atoms with Crippen LogP contribution in [0.2, 0.25) is 5.02 Å². The van der Waals surface area contributed by atoms with Gasteiger partial charge >= 0.3 is 0 Å². The Morgan fingerprint density at radius 2 is 1.75 bits per heavy atom. The summed E-state index contributed by atoms with van der Waals surface area (Å²) in [5.74, 6) is -5.52. The number of hydrazine groups is 1. The first-order valence-corrected chi connectivity index (χ1v) is 9.76. The van der Waals surface area contributed by atoms with Gasteiger partial charge in [-0.1, -0.05) is 11.6 Å². The standard InChI is InChI=1S/C17H17ClF3N3O3S/c1-9(2)24(3)28(26,27)10-4-5-12(18)11(8-10)17(25)23-22-14-7-6-13(19)15(20)16(14)21/h4-9,22H,1-3H3,(H,23,25). The van der Waals surface area contributed by atoms with Crippen molar-refractivity contribution < 1.29 is 26.4 Å². The lowest BCUT2D eigenvalue weighted by atomic mass is 10.2. The lowest BCUT2D eigenvalue weighted by molar-refractivity contribution is 0.0962. The van der Waals surface area contributed by atoms with Gasteiger partial charge in [0.05, 0.1) is 21.2 Å². The zero-order chi connectivity index (χ0) is 21.2. The van der Waals surface area contributed by atoms with Crippen molar-refractivity contribution in [3.8, 4) is 0 Å². The zero-order valence-electron chi connectivity index (χ0n) is 15.1. The number of carbonyl (C=O) groups excluding carboxylic acids is 1. The number of nitrogens with zero attached hydrogens (tertiary/aromatic N) is 1. The molecule has 0 aliphatic rings. The van der Waals surface area contributed by atoms with Crippen LogP contribution in [0, 0.1) is 17.5 Å². The highest BCUT2D eigenvalue weighted by atomic mass is 35.5. The van der Waals surface area contributed by atoms with Crippen LogP contribution in [0.1, 0.15) is 24.2 Å². The Hall–Kier alpha value is -2.30. The Morgan fingerprint density at radius 1 is 1.11 bits per heavy atom. The molecular weight excluding hydrogens is 419 g/mol. The molecule has 0 atom stereocenters. The maximum Gasteiger partial charge on any atom is 0.271 e. The molecule has 2 aromatic carbocycles. The summed E-state index contributed by atoms with van der Waals surface area (Å²) in [4.78, 5) is 12.2. The van der Waals surface area contributed by atoms with Crippen LogP contribution in [0.15, 0.2) is 35.2 Å². The monoisotopic (exact) mass is 435 g/mol. The maximum atomic E-state index is 13.6. The summed E-state index contributed by atoms with van der Waals surface area (Å²) in [6.45, 7) is 3.36. The predicted octanol–water partition coefficient (Wildman–Crippen LogP) is 3.54. The van der Waals surface area contributed by atoms with Crippen molar-refractivity contribution in [3.05, 3.63) is 58.4 Å². The normalized spacial score (nSPS) is 11.8. The lowest BCUT2D eigenvalue weighted by Crippen LogP contribution is -2.33. The van der Waals surface area contributed by atoms with Crippen molar-refractivity contribution in [1.29, 1.82) is 0 Å². The van der Waals surface area contributed by atoms with Crippen molar-refractivity contribution in [2.75, 3.05) is 12.5 Å². The molecule has 0 saturated heterocycles. The summed E-state index contributed by atoms with van der Waals surface area (Å²) in [6.07, 6.45) is 0. The van der Waals surface area contributed by atoms with Crippen molar-refractivity contribution in [2.24, 2.45) is 0 Å². The molecular formula is C17H17ClF3N3O3S. The molecule has 0 radical (unpaired) electrons. The van der Waals surface area contributed by atoms with E-state index in [9.17, 15) is 26.4 Å². The number of hydrogen-bond donors (Lipinski definition) is 2. The smallest absolute Gasteiger partial charge is 0.271 e. The highest BCUT2D eigenvalue weighted by Gasteiger charge is 2.25. The first kappa shape index (κ1) is 22.0. The van der Waals surface area contributed by atoms with E-state index in [-0.39, 0.29) is 21.5 Å². The molecule has 0 spiro atoms. The molecule has 152 valence electrons. The van der Waals surface area contributed by atoms with Crippen molar-refractivity contribution >= 4 is 33.2 Å². The second kappa shape index (κ2) is 8.38. The summed E-state index contributed by atoms with van der Waals surface area (Å²) < 4.78 is 66.1. The van der Waals surface area contributed by atoms with E-state index in [4.69, 9.17) is 11.6 Å². The van der Waals surface area contributed by atoms with E-state index in [1.807, 2.05) is 0 Å². The third-order valence-corrected chi connectivity index (χ3v) is 6.29. The minimum Gasteiger partial charge on any atom is -0.295 e. The summed E-state index contributed by atoms with van der Waals surface area (Å²) in [5, 5.41) is -0.0591. The number of nitrogens with one attached hydrogen (secondary N) is 2. The van der Waals surface area contributed by atoms with Crippen molar-refractivity contribution in [2.45, 2.75) is 24.8 Å². The van der Waals surface area contributed by atoms with Crippen molar-refractivity contribution in [3.63, 3.8) is 0 Å². The van der Waals surface area contributed by atoms with Gasteiger partial charge in [-0.3, -0.25) is 15.6 Å². The van der Waals surface area contributed by atoms with Gasteiger partial charge in [-0.05, 0) is 44.2 Å². The fourth-order valence-corrected chi connectivity index (χ4v) is 3.69. The largest absolute Gasteiger partial charge is 0.295 e. The highest BCUT2D eigenvalue weighted by molar-refractivity contribution is 7.89. The van der Waals surface area contributed by atoms with Gasteiger partial charge in [0, 0.05) is 13.1 Å². The van der Waals surface area contributed by atoms with Crippen LogP contribution in [-0.2, 0) is 10.0 Å². The number of amides is 1. The molecule has 0 saturated carbocycles. The van der Waals surface area contributed by atoms with E-state index >= 15 is 0 Å². The van der Waals surface area contributed by atoms with E-state index in [1.54, 1.807) is 13.8 Å². The van der Waals surface area contributed by atoms with Crippen LogP contribution < -0.4 is 10.9 Å². The van der Waals surface area contributed by atoms with Gasteiger partial charge in [0.25, 0.3) is 5.91 Å². The predicted molar refractivity (Wildman–Crippen MR) is 98.9 cm³/mol. The summed E-state index contributed by atoms with van der Waals surface area (Å²) in [6, 6.07) is 4.78. The zero-order valence-corrected chi connectivity index (χ0v) is 16.6. The highest BCUT2D eigenvalue weighted by Crippen LogP contribution is 2.24. The van der Waals surface area contributed by atoms with Crippen LogP contribution in [0.5, 0.6) is 0 Å². The second-order valence-electron chi connectivity index (χ2n) is 6.06. The third kappa shape index (κ3) is 4.40. The van der Waals surface area contributed by atoms with E-state index < -0.39 is 39.1 Å². The molecule has 0 heterocycles. The molecule has 11 heteroatoms. The van der Waals surface area contributed by atoms with E-state index in [0.717, 1.165) is 16.4 Å². The van der Waals surface area contributed by atoms with Gasteiger partial charge in [0.2, 0.25) is 10.0 Å². The Morgan fingerprint density at radius 3 is 2.36 bits per heavy atom. The molecule has 2 aromatic rings. The minimum absolute atomic E-state index is 0.0591. The van der Waals surface area contributed by atoms with Gasteiger partial charge in [-0.2, -0.15) is 4.31 Å². The van der Waals surface area contributed by atoms with Crippen molar-refractivity contribution in [1.82, 2.24) is 9.73 Å². The lowest BCUT2D eigenvalue weighted by Gasteiger charge is -2.21. The molecule has 0 aliphatic carbocycles. The van der Waals surface area contributed by atoms with Crippen LogP contribution in [0.4, 0.5) is 18.9 Å². The molecule has 0 aromatic heterocycles. The Bertz CT molecular complexity index is 1020. The van der Waals surface area contributed by atoms with E-state index in [0.29, 0.717) is 6.07 Å². The molecule has 2 rings (SSSR count). The molecule has 0 bridgehead atoms. The van der Waals surface area contributed by atoms with Crippen LogP contribution in [0.3, 0.4) is 0 Å². The van der Waals surface area contributed by atoms with Gasteiger partial charge in [-0.25, -0.2) is 21.6 Å². The Labute approximate surface area is 165 Å². The fraction of sp³-hybridized carbons (Fsp3) is 0.235. The van der Waals surface area contributed by atoms with Crippen LogP contribution in [0.25, 0.3) is 0 Å². The van der Waals surface area contributed by atoms with Gasteiger partial charge < -0.3 is 0 Å². The molecule has 0 fully saturated rings. The molecule has 0 aliphatic heterocycles. The summed E-state index contributed by atoms with van der Waals surface area (Å²) >= 11 is 5.96. The third-order valence-electron chi connectivity index (χ3n) is 3.93. The summed E-state index contributed by atoms with van der Waals surface area (Å²) in [7, 11) is -2.48. The topological polar surface area (TPSA) is 78.5 Å². The minimum atomic E-state index is -3.87. The first-order chi connectivity index (χ1) is 13.0.